The second-order valence-corrected chi connectivity index (χ2v) is 6.68. The number of hydrogen-bond acceptors (Lipinski definition) is 4. The zero-order valence-electron chi connectivity index (χ0n) is 17.0. The van der Waals surface area contributed by atoms with Gasteiger partial charge in [-0.3, -0.25) is 9.69 Å². The number of hydrogen-bond donors (Lipinski definition) is 0. The molecule has 2 aromatic heterocycles. The van der Waals surface area contributed by atoms with E-state index in [0.717, 1.165) is 61.7 Å². The lowest BCUT2D eigenvalue weighted by atomic mass is 10.0. The van der Waals surface area contributed by atoms with Crippen LogP contribution in [0.3, 0.4) is 0 Å². The molecule has 28 heavy (non-hydrogen) atoms. The van der Waals surface area contributed by atoms with Gasteiger partial charge in [0.25, 0.3) is 0 Å². The summed E-state index contributed by atoms with van der Waals surface area (Å²) in [6, 6.07) is 13.6. The molecule has 0 radical (unpaired) electrons. The van der Waals surface area contributed by atoms with Gasteiger partial charge in [0.2, 0.25) is 5.78 Å². The Labute approximate surface area is 167 Å². The summed E-state index contributed by atoms with van der Waals surface area (Å²) in [6.45, 7) is 10.4. The Morgan fingerprint density at radius 2 is 1.79 bits per heavy atom. The minimum Gasteiger partial charge on any atom is -0.379 e. The maximum absolute atomic E-state index is 13.1. The Morgan fingerprint density at radius 1 is 1.07 bits per heavy atom. The van der Waals surface area contributed by atoms with Gasteiger partial charge in [-0.15, -0.1) is 0 Å². The molecular formula is C23H29N3O2. The van der Waals surface area contributed by atoms with Gasteiger partial charge >= 0.3 is 0 Å². The quantitative estimate of drug-likeness (QED) is 0.633. The van der Waals surface area contributed by atoms with Gasteiger partial charge in [0.15, 0.2) is 0 Å². The summed E-state index contributed by atoms with van der Waals surface area (Å²) in [5.41, 5.74) is 3.11. The summed E-state index contributed by atoms with van der Waals surface area (Å²) in [4.78, 5) is 20.2. The Morgan fingerprint density at radius 3 is 2.54 bits per heavy atom. The van der Waals surface area contributed by atoms with E-state index in [0.29, 0.717) is 5.69 Å². The van der Waals surface area contributed by atoms with Gasteiger partial charge in [-0.1, -0.05) is 44.2 Å². The van der Waals surface area contributed by atoms with E-state index < -0.39 is 0 Å². The summed E-state index contributed by atoms with van der Waals surface area (Å²) >= 11 is 0. The minimum absolute atomic E-state index is 0.00979. The van der Waals surface area contributed by atoms with Crippen LogP contribution in [0.2, 0.25) is 0 Å². The topological polar surface area (TPSA) is 46.8 Å². The maximum atomic E-state index is 13.1. The first-order valence-electron chi connectivity index (χ1n) is 10.1. The summed E-state index contributed by atoms with van der Waals surface area (Å²) in [6.07, 6.45) is 2.80. The fourth-order valence-corrected chi connectivity index (χ4v) is 3.48. The Bertz CT molecular complexity index is 926. The van der Waals surface area contributed by atoms with Crippen molar-refractivity contribution in [1.29, 1.82) is 0 Å². The molecule has 0 saturated carbocycles. The zero-order chi connectivity index (χ0) is 19.9. The number of carbonyl (C=O) groups is 1. The van der Waals surface area contributed by atoms with Crippen molar-refractivity contribution < 1.29 is 9.53 Å². The molecule has 5 nitrogen and oxygen atoms in total. The third kappa shape index (κ3) is 4.32. The van der Waals surface area contributed by atoms with Crippen LogP contribution < -0.4 is 0 Å². The van der Waals surface area contributed by atoms with Gasteiger partial charge in [0.05, 0.1) is 18.7 Å². The minimum atomic E-state index is -0.00979. The molecule has 1 aliphatic rings. The van der Waals surface area contributed by atoms with Crippen molar-refractivity contribution in [2.75, 3.05) is 32.8 Å². The van der Waals surface area contributed by atoms with Crippen LogP contribution in [0.5, 0.6) is 0 Å². The fourth-order valence-electron chi connectivity index (χ4n) is 3.48. The van der Waals surface area contributed by atoms with Crippen LogP contribution in [0.4, 0.5) is 0 Å². The molecule has 3 heterocycles. The van der Waals surface area contributed by atoms with Crippen molar-refractivity contribution in [3.63, 3.8) is 0 Å². The molecule has 1 aliphatic heterocycles. The molecule has 0 N–H and O–H groups in total. The predicted molar refractivity (Wildman–Crippen MR) is 112 cm³/mol. The fraction of sp³-hybridized carbons (Fsp3) is 0.391. The van der Waals surface area contributed by atoms with Crippen molar-refractivity contribution in [3.05, 3.63) is 71.3 Å². The van der Waals surface area contributed by atoms with Crippen LogP contribution in [0.1, 0.15) is 41.3 Å². The van der Waals surface area contributed by atoms with E-state index in [1.807, 2.05) is 73.8 Å². The smallest absolute Gasteiger partial charge is 0.213 e. The third-order valence-corrected chi connectivity index (χ3v) is 4.98. The van der Waals surface area contributed by atoms with Crippen molar-refractivity contribution in [2.24, 2.45) is 0 Å². The number of ether oxygens (including phenoxy) is 1. The van der Waals surface area contributed by atoms with E-state index in [2.05, 4.69) is 4.90 Å². The monoisotopic (exact) mass is 379 g/mol. The second-order valence-electron chi connectivity index (χ2n) is 6.68. The number of nitrogens with zero attached hydrogens (tertiary/aromatic N) is 3. The van der Waals surface area contributed by atoms with Crippen LogP contribution in [-0.4, -0.2) is 52.9 Å². The number of ketones is 1. The average molecular weight is 380 g/mol. The molecule has 0 aliphatic carbocycles. The van der Waals surface area contributed by atoms with Crippen LogP contribution in [0, 0.1) is 6.92 Å². The molecule has 0 bridgehead atoms. The van der Waals surface area contributed by atoms with E-state index in [1.165, 1.54) is 0 Å². The lowest BCUT2D eigenvalue weighted by Gasteiger charge is -2.26. The molecule has 0 amide bonds. The van der Waals surface area contributed by atoms with E-state index in [1.54, 1.807) is 0 Å². The molecule has 1 saturated heterocycles. The highest BCUT2D eigenvalue weighted by atomic mass is 16.5. The van der Waals surface area contributed by atoms with E-state index in [-0.39, 0.29) is 5.78 Å². The molecule has 148 valence electrons. The molecule has 0 spiro atoms. The Hall–Kier alpha value is -2.50. The predicted octanol–water partition coefficient (Wildman–Crippen LogP) is 3.77. The van der Waals surface area contributed by atoms with E-state index in [9.17, 15) is 4.79 Å². The van der Waals surface area contributed by atoms with E-state index >= 15 is 0 Å². The number of morpholine rings is 1. The number of rotatable bonds is 5. The summed E-state index contributed by atoms with van der Waals surface area (Å²) < 4.78 is 7.46. The highest BCUT2D eigenvalue weighted by Gasteiger charge is 2.20. The van der Waals surface area contributed by atoms with Gasteiger partial charge in [0.1, 0.15) is 11.5 Å². The number of imidazole rings is 1. The summed E-state index contributed by atoms with van der Waals surface area (Å²) in [5, 5.41) is 0. The standard InChI is InChI=1S/C21H23N3O2.C2H6/c1-16-6-2-3-7-17(16)21(25)20-18-8-4-5-10-24(18)19(22-20)9-11-23-12-14-26-15-13-23;1-2/h2-8,10H,9,11-15H2,1H3;1-2H3. The normalized spacial score (nSPS) is 14.5. The molecular weight excluding hydrogens is 350 g/mol. The van der Waals surface area contributed by atoms with Gasteiger partial charge in [-0.2, -0.15) is 0 Å². The van der Waals surface area contributed by atoms with Crippen molar-refractivity contribution in [2.45, 2.75) is 27.2 Å². The highest BCUT2D eigenvalue weighted by Crippen LogP contribution is 2.19. The molecule has 4 rings (SSSR count). The molecule has 0 atom stereocenters. The van der Waals surface area contributed by atoms with Crippen LogP contribution in [0.15, 0.2) is 48.7 Å². The van der Waals surface area contributed by atoms with E-state index in [4.69, 9.17) is 9.72 Å². The Kier molecular flexibility index (Phi) is 6.95. The lowest BCUT2D eigenvalue weighted by Crippen LogP contribution is -2.37. The number of fused-ring (bicyclic) bond motifs is 1. The molecule has 1 fully saturated rings. The third-order valence-electron chi connectivity index (χ3n) is 4.98. The number of benzene rings is 1. The lowest BCUT2D eigenvalue weighted by molar-refractivity contribution is 0.0382. The van der Waals surface area contributed by atoms with Gasteiger partial charge in [-0.25, -0.2) is 4.98 Å². The Balaban J connectivity index is 0.00000109. The van der Waals surface area contributed by atoms with Gasteiger partial charge in [0, 0.05) is 37.8 Å². The zero-order valence-corrected chi connectivity index (χ0v) is 17.0. The average Bonchev–Trinajstić information content (AvgIpc) is 3.13. The maximum Gasteiger partial charge on any atom is 0.213 e. The van der Waals surface area contributed by atoms with Crippen molar-refractivity contribution in [3.8, 4) is 0 Å². The number of pyridine rings is 1. The number of aryl methyl sites for hydroxylation is 1. The first-order valence-corrected chi connectivity index (χ1v) is 10.1. The van der Waals surface area contributed by atoms with Crippen LogP contribution >= 0.6 is 0 Å². The summed E-state index contributed by atoms with van der Waals surface area (Å²) in [7, 11) is 0. The second kappa shape index (κ2) is 9.62. The number of aromatic nitrogens is 2. The first kappa shape index (κ1) is 20.2. The van der Waals surface area contributed by atoms with Crippen molar-refractivity contribution >= 4 is 11.3 Å². The first-order chi connectivity index (χ1) is 13.7. The number of carbonyl (C=O) groups excluding carboxylic acids is 1. The highest BCUT2D eigenvalue weighted by molar-refractivity contribution is 6.12. The van der Waals surface area contributed by atoms with Crippen LogP contribution in [-0.2, 0) is 11.2 Å². The van der Waals surface area contributed by atoms with Gasteiger partial charge in [-0.05, 0) is 24.6 Å². The SMILES string of the molecule is CC.Cc1ccccc1C(=O)c1nc(CCN2CCOCC2)n2ccccc12. The largest absolute Gasteiger partial charge is 0.379 e. The molecule has 3 aromatic rings. The molecule has 5 heteroatoms. The van der Waals surface area contributed by atoms with Crippen molar-refractivity contribution in [1.82, 2.24) is 14.3 Å². The molecule has 1 aromatic carbocycles. The van der Waals surface area contributed by atoms with Gasteiger partial charge < -0.3 is 9.14 Å². The molecule has 0 unspecified atom stereocenters. The van der Waals surface area contributed by atoms with Crippen LogP contribution in [0.25, 0.3) is 5.52 Å². The summed E-state index contributed by atoms with van der Waals surface area (Å²) in [5.74, 6) is 0.924.